The third-order valence-corrected chi connectivity index (χ3v) is 3.98. The van der Waals surface area contributed by atoms with E-state index >= 15 is 0 Å². The van der Waals surface area contributed by atoms with Gasteiger partial charge in [-0.25, -0.2) is 0 Å². The summed E-state index contributed by atoms with van der Waals surface area (Å²) in [5, 5.41) is 8.90. The maximum Gasteiger partial charge on any atom is 0.0655 e. The van der Waals surface area contributed by atoms with Crippen LogP contribution in [0, 0.1) is 17.2 Å². The zero-order valence-corrected chi connectivity index (χ0v) is 11.0. The smallest absolute Gasteiger partial charge is 0.0655 e. The molecule has 3 nitrogen and oxygen atoms in total. The van der Waals surface area contributed by atoms with E-state index in [1.54, 1.807) is 0 Å². The van der Waals surface area contributed by atoms with Gasteiger partial charge < -0.3 is 4.90 Å². The molecule has 0 aliphatic heterocycles. The SMILES string of the molecule is CN(CCc1cccnc1)C1CCC(C#N)CC1. The third-order valence-electron chi connectivity index (χ3n) is 3.98. The Hall–Kier alpha value is -1.40. The number of nitrogens with zero attached hydrogens (tertiary/aromatic N) is 3. The summed E-state index contributed by atoms with van der Waals surface area (Å²) in [5.74, 6) is 0.299. The summed E-state index contributed by atoms with van der Waals surface area (Å²) in [6.07, 6.45) is 9.29. The molecule has 1 aromatic heterocycles. The molecule has 1 fully saturated rings. The zero-order valence-electron chi connectivity index (χ0n) is 11.0. The zero-order chi connectivity index (χ0) is 12.8. The lowest BCUT2D eigenvalue weighted by atomic mass is 9.86. The van der Waals surface area contributed by atoms with Crippen LogP contribution >= 0.6 is 0 Å². The highest BCUT2D eigenvalue weighted by Gasteiger charge is 2.23. The molecule has 0 spiro atoms. The van der Waals surface area contributed by atoms with Crippen molar-refractivity contribution in [2.45, 2.75) is 38.1 Å². The van der Waals surface area contributed by atoms with Crippen LogP contribution in [0.15, 0.2) is 24.5 Å². The third kappa shape index (κ3) is 3.54. The fraction of sp³-hybridized carbons (Fsp3) is 0.600. The molecule has 0 atom stereocenters. The van der Waals surface area contributed by atoms with Crippen LogP contribution < -0.4 is 0 Å². The minimum absolute atomic E-state index is 0.299. The number of aromatic nitrogens is 1. The molecule has 0 bridgehead atoms. The summed E-state index contributed by atoms with van der Waals surface area (Å²) in [6, 6.07) is 7.18. The van der Waals surface area contributed by atoms with E-state index in [1.165, 1.54) is 18.4 Å². The molecule has 96 valence electrons. The van der Waals surface area contributed by atoms with Crippen molar-refractivity contribution >= 4 is 0 Å². The summed E-state index contributed by atoms with van der Waals surface area (Å²) in [6.45, 7) is 1.08. The van der Waals surface area contributed by atoms with E-state index in [9.17, 15) is 0 Å². The van der Waals surface area contributed by atoms with Gasteiger partial charge >= 0.3 is 0 Å². The van der Waals surface area contributed by atoms with Gasteiger partial charge in [-0.15, -0.1) is 0 Å². The van der Waals surface area contributed by atoms with Crippen LogP contribution in [0.2, 0.25) is 0 Å². The molecule has 2 rings (SSSR count). The van der Waals surface area contributed by atoms with Gasteiger partial charge in [-0.05, 0) is 50.8 Å². The van der Waals surface area contributed by atoms with Gasteiger partial charge in [0, 0.05) is 30.9 Å². The summed E-state index contributed by atoms with van der Waals surface area (Å²) < 4.78 is 0. The Morgan fingerprint density at radius 1 is 1.39 bits per heavy atom. The fourth-order valence-corrected chi connectivity index (χ4v) is 2.68. The van der Waals surface area contributed by atoms with Crippen LogP contribution in [0.3, 0.4) is 0 Å². The van der Waals surface area contributed by atoms with Gasteiger partial charge in [0.2, 0.25) is 0 Å². The van der Waals surface area contributed by atoms with Crippen LogP contribution in [0.25, 0.3) is 0 Å². The van der Waals surface area contributed by atoms with Gasteiger partial charge in [-0.3, -0.25) is 4.98 Å². The molecule has 1 heterocycles. The Bertz CT molecular complexity index is 388. The van der Waals surface area contributed by atoms with Crippen LogP contribution in [0.4, 0.5) is 0 Å². The second-order valence-corrected chi connectivity index (χ2v) is 5.23. The maximum absolute atomic E-state index is 8.90. The molecular formula is C15H21N3. The fourth-order valence-electron chi connectivity index (χ4n) is 2.68. The highest BCUT2D eigenvalue weighted by atomic mass is 15.1. The molecule has 3 heteroatoms. The first-order valence-electron chi connectivity index (χ1n) is 6.78. The van der Waals surface area contributed by atoms with Gasteiger partial charge in [0.1, 0.15) is 0 Å². The van der Waals surface area contributed by atoms with Gasteiger partial charge in [-0.2, -0.15) is 5.26 Å². The lowest BCUT2D eigenvalue weighted by Crippen LogP contribution is -2.36. The Balaban J connectivity index is 1.76. The van der Waals surface area contributed by atoms with E-state index in [2.05, 4.69) is 29.1 Å². The number of pyridine rings is 1. The number of nitriles is 1. The average Bonchev–Trinajstić information content (AvgIpc) is 2.46. The van der Waals surface area contributed by atoms with Gasteiger partial charge in [0.05, 0.1) is 6.07 Å². The molecule has 0 radical (unpaired) electrons. The molecule has 1 saturated carbocycles. The maximum atomic E-state index is 8.90. The summed E-state index contributed by atoms with van der Waals surface area (Å²) >= 11 is 0. The molecule has 0 N–H and O–H groups in total. The molecule has 0 unspecified atom stereocenters. The Kier molecular flexibility index (Phi) is 4.72. The van der Waals surface area contributed by atoms with Crippen molar-refractivity contribution in [3.8, 4) is 6.07 Å². The first-order chi connectivity index (χ1) is 8.79. The van der Waals surface area contributed by atoms with Crippen LogP contribution in [-0.2, 0) is 6.42 Å². The van der Waals surface area contributed by atoms with E-state index in [0.29, 0.717) is 12.0 Å². The van der Waals surface area contributed by atoms with Crippen molar-refractivity contribution in [2.75, 3.05) is 13.6 Å². The molecule has 18 heavy (non-hydrogen) atoms. The summed E-state index contributed by atoms with van der Waals surface area (Å²) in [7, 11) is 2.20. The Morgan fingerprint density at radius 2 is 2.17 bits per heavy atom. The lowest BCUT2D eigenvalue weighted by Gasteiger charge is -2.32. The van der Waals surface area contributed by atoms with Gasteiger partial charge in [0.25, 0.3) is 0 Å². The van der Waals surface area contributed by atoms with E-state index < -0.39 is 0 Å². The molecule has 1 aromatic rings. The number of hydrogen-bond donors (Lipinski definition) is 0. The number of likely N-dealkylation sites (N-methyl/N-ethyl adjacent to an activating group) is 1. The second kappa shape index (κ2) is 6.51. The first kappa shape index (κ1) is 13.0. The molecule has 0 aromatic carbocycles. The van der Waals surface area contributed by atoms with Crippen molar-refractivity contribution in [1.82, 2.24) is 9.88 Å². The topological polar surface area (TPSA) is 39.9 Å². The van der Waals surface area contributed by atoms with Crippen molar-refractivity contribution < 1.29 is 0 Å². The van der Waals surface area contributed by atoms with Crippen molar-refractivity contribution in [3.63, 3.8) is 0 Å². The van der Waals surface area contributed by atoms with Crippen LogP contribution in [0.5, 0.6) is 0 Å². The van der Waals surface area contributed by atoms with E-state index in [-0.39, 0.29) is 0 Å². The number of rotatable bonds is 4. The second-order valence-electron chi connectivity index (χ2n) is 5.23. The average molecular weight is 243 g/mol. The normalized spacial score (nSPS) is 23.8. The van der Waals surface area contributed by atoms with Crippen molar-refractivity contribution in [3.05, 3.63) is 30.1 Å². The van der Waals surface area contributed by atoms with Crippen molar-refractivity contribution in [1.29, 1.82) is 5.26 Å². The summed E-state index contributed by atoms with van der Waals surface area (Å²) in [5.41, 5.74) is 1.30. The van der Waals surface area contributed by atoms with Crippen LogP contribution in [-0.4, -0.2) is 29.5 Å². The summed E-state index contributed by atoms with van der Waals surface area (Å²) in [4.78, 5) is 6.59. The predicted octanol–water partition coefficient (Wildman–Crippen LogP) is 2.64. The lowest BCUT2D eigenvalue weighted by molar-refractivity contribution is 0.180. The Morgan fingerprint density at radius 3 is 2.78 bits per heavy atom. The predicted molar refractivity (Wildman–Crippen MR) is 71.9 cm³/mol. The molecular weight excluding hydrogens is 222 g/mol. The van der Waals surface area contributed by atoms with E-state index in [1.807, 2.05) is 18.5 Å². The quantitative estimate of drug-likeness (QED) is 0.816. The molecule has 0 saturated heterocycles. The van der Waals surface area contributed by atoms with E-state index in [4.69, 9.17) is 5.26 Å². The first-order valence-corrected chi connectivity index (χ1v) is 6.78. The minimum Gasteiger partial charge on any atom is -0.303 e. The molecule has 1 aliphatic carbocycles. The van der Waals surface area contributed by atoms with Gasteiger partial charge in [-0.1, -0.05) is 6.07 Å². The minimum atomic E-state index is 0.299. The highest BCUT2D eigenvalue weighted by Crippen LogP contribution is 2.26. The monoisotopic (exact) mass is 243 g/mol. The van der Waals surface area contributed by atoms with Crippen molar-refractivity contribution in [2.24, 2.45) is 5.92 Å². The largest absolute Gasteiger partial charge is 0.303 e. The number of hydrogen-bond acceptors (Lipinski definition) is 3. The standard InChI is InChI=1S/C15H21N3/c1-18(10-8-14-3-2-9-17-12-14)15-6-4-13(11-16)5-7-15/h2-3,9,12-13,15H,4-8,10H2,1H3. The highest BCUT2D eigenvalue weighted by molar-refractivity contribution is 5.08. The van der Waals surface area contributed by atoms with Crippen LogP contribution in [0.1, 0.15) is 31.2 Å². The Labute approximate surface area is 109 Å². The van der Waals surface area contributed by atoms with E-state index in [0.717, 1.165) is 25.8 Å². The molecule has 0 amide bonds. The molecule has 1 aliphatic rings. The van der Waals surface area contributed by atoms with Gasteiger partial charge in [0.15, 0.2) is 0 Å².